The minimum Gasteiger partial charge on any atom is -0.379 e. The van der Waals surface area contributed by atoms with E-state index in [1.807, 2.05) is 13.0 Å². The molecule has 0 bridgehead atoms. The van der Waals surface area contributed by atoms with Crippen LogP contribution in [-0.2, 0) is 33.7 Å². The number of rotatable bonds is 7. The zero-order valence-corrected chi connectivity index (χ0v) is 22.2. The molecule has 0 saturated carbocycles. The molecule has 1 N–H and O–H groups in total. The second kappa shape index (κ2) is 11.5. The van der Waals surface area contributed by atoms with Crippen LogP contribution in [-0.4, -0.2) is 72.6 Å². The quantitative estimate of drug-likeness (QED) is 0.538. The number of carbonyl (C=O) groups is 3. The van der Waals surface area contributed by atoms with Crippen molar-refractivity contribution in [2.24, 2.45) is 11.8 Å². The summed E-state index contributed by atoms with van der Waals surface area (Å²) in [6, 6.07) is 5.37. The summed E-state index contributed by atoms with van der Waals surface area (Å²) in [5, 5.41) is 12.4. The number of nitriles is 1. The Labute approximate surface area is 227 Å². The van der Waals surface area contributed by atoms with E-state index in [-0.39, 0.29) is 29.5 Å². The van der Waals surface area contributed by atoms with Gasteiger partial charge in [0.15, 0.2) is 6.29 Å². The van der Waals surface area contributed by atoms with E-state index in [0.717, 1.165) is 24.0 Å². The van der Waals surface area contributed by atoms with Crippen molar-refractivity contribution in [2.45, 2.75) is 45.3 Å². The Hall–Kier alpha value is -3.88. The molecule has 0 aromatic carbocycles. The first-order chi connectivity index (χ1) is 18.9. The van der Waals surface area contributed by atoms with E-state index in [9.17, 15) is 19.6 Å². The van der Waals surface area contributed by atoms with Gasteiger partial charge < -0.3 is 14.4 Å². The molecule has 11 nitrogen and oxygen atoms in total. The fourth-order valence-electron chi connectivity index (χ4n) is 5.57. The van der Waals surface area contributed by atoms with Gasteiger partial charge in [-0.1, -0.05) is 6.92 Å². The molecular weight excluding hydrogens is 500 g/mol. The number of carbonyl (C=O) groups excluding carboxylic acids is 3. The molecule has 3 aliphatic heterocycles. The summed E-state index contributed by atoms with van der Waals surface area (Å²) in [4.78, 5) is 49.9. The van der Waals surface area contributed by atoms with Gasteiger partial charge in [0, 0.05) is 50.3 Å². The maximum absolute atomic E-state index is 13.4. The lowest BCUT2D eigenvalue weighted by molar-refractivity contribution is -0.131. The van der Waals surface area contributed by atoms with Gasteiger partial charge in [-0.2, -0.15) is 5.26 Å². The lowest BCUT2D eigenvalue weighted by atomic mass is 9.94. The van der Waals surface area contributed by atoms with E-state index in [0.29, 0.717) is 74.7 Å². The second-order valence-corrected chi connectivity index (χ2v) is 10.4. The molecule has 3 aliphatic rings. The normalized spacial score (nSPS) is 22.5. The number of methoxy groups -OCH3 is 1. The molecule has 11 heteroatoms. The van der Waals surface area contributed by atoms with E-state index in [2.05, 4.69) is 21.4 Å². The largest absolute Gasteiger partial charge is 0.379 e. The van der Waals surface area contributed by atoms with Crippen molar-refractivity contribution in [3.8, 4) is 6.07 Å². The van der Waals surface area contributed by atoms with Crippen molar-refractivity contribution >= 4 is 29.9 Å². The third-order valence-electron chi connectivity index (χ3n) is 7.83. The van der Waals surface area contributed by atoms with E-state index in [1.54, 1.807) is 18.1 Å². The van der Waals surface area contributed by atoms with Crippen molar-refractivity contribution < 1.29 is 23.9 Å². The van der Waals surface area contributed by atoms with Crippen LogP contribution in [0.15, 0.2) is 18.3 Å². The average molecular weight is 533 g/mol. The number of pyridine rings is 2. The number of hydrogen-bond donors (Lipinski definition) is 1. The van der Waals surface area contributed by atoms with Crippen molar-refractivity contribution in [1.29, 1.82) is 5.26 Å². The molecule has 3 amide bonds. The number of aryl methyl sites for hydroxylation is 1. The zero-order chi connectivity index (χ0) is 27.5. The second-order valence-electron chi connectivity index (χ2n) is 10.4. The van der Waals surface area contributed by atoms with Gasteiger partial charge in [-0.05, 0) is 48.9 Å². The first-order valence-electron chi connectivity index (χ1n) is 13.3. The molecule has 0 radical (unpaired) electrons. The molecule has 2 saturated heterocycles. The fraction of sp³-hybridized carbons (Fsp3) is 0.500. The van der Waals surface area contributed by atoms with Crippen LogP contribution in [0.25, 0.3) is 0 Å². The minimum atomic E-state index is -0.418. The number of urea groups is 1. The highest BCUT2D eigenvalue weighted by atomic mass is 16.5. The summed E-state index contributed by atoms with van der Waals surface area (Å²) >= 11 is 0. The van der Waals surface area contributed by atoms with Crippen LogP contribution >= 0.6 is 0 Å². The molecule has 5 rings (SSSR count). The van der Waals surface area contributed by atoms with Crippen LogP contribution in [0.2, 0.25) is 0 Å². The SMILES string of the molecule is CO[C@@H]1COCC1Cc1cc(NC(=O)N2CCCc3cc(CN4CC[C@H](C)C4=O)c(C=O)nc32)ncc1C#N. The maximum atomic E-state index is 13.4. The molecule has 2 aromatic heterocycles. The summed E-state index contributed by atoms with van der Waals surface area (Å²) < 4.78 is 11.0. The van der Waals surface area contributed by atoms with E-state index >= 15 is 0 Å². The Balaban J connectivity index is 1.35. The predicted molar refractivity (Wildman–Crippen MR) is 141 cm³/mol. The molecule has 1 unspecified atom stereocenters. The molecule has 0 aliphatic carbocycles. The highest BCUT2D eigenvalue weighted by Crippen LogP contribution is 2.30. The van der Waals surface area contributed by atoms with Gasteiger partial charge in [0.05, 0.1) is 24.9 Å². The Morgan fingerprint density at radius 1 is 1.31 bits per heavy atom. The molecule has 204 valence electrons. The summed E-state index contributed by atoms with van der Waals surface area (Å²) in [6.45, 7) is 4.38. The Morgan fingerprint density at radius 2 is 2.15 bits per heavy atom. The Bertz CT molecular complexity index is 1320. The fourth-order valence-corrected chi connectivity index (χ4v) is 5.57. The van der Waals surface area contributed by atoms with Gasteiger partial charge in [0.2, 0.25) is 5.91 Å². The predicted octanol–water partition coefficient (Wildman–Crippen LogP) is 2.72. The third-order valence-corrected chi connectivity index (χ3v) is 7.83. The maximum Gasteiger partial charge on any atom is 0.328 e. The number of amides is 3. The standard InChI is InChI=1S/C28H32N6O5/c1-17-5-7-33(27(17)36)13-20-8-18-4-3-6-34(26(18)31-23(20)14-35)28(37)32-25-10-19(22(11-29)12-30-25)9-21-15-39-16-24(21)38-2/h8,10,12,14,17,21,24H,3-7,9,13,15-16H2,1-2H3,(H,30,32,37)/t17-,21?,24+/m0/s1. The van der Waals surface area contributed by atoms with Gasteiger partial charge >= 0.3 is 6.03 Å². The molecule has 5 heterocycles. The summed E-state index contributed by atoms with van der Waals surface area (Å²) in [7, 11) is 1.64. The van der Waals surface area contributed by atoms with Gasteiger partial charge in [-0.25, -0.2) is 14.8 Å². The molecule has 2 fully saturated rings. The molecule has 2 aromatic rings. The van der Waals surface area contributed by atoms with Gasteiger partial charge in [-0.15, -0.1) is 0 Å². The molecular formula is C28H32N6O5. The molecule has 3 atom stereocenters. The van der Waals surface area contributed by atoms with E-state index < -0.39 is 6.03 Å². The smallest absolute Gasteiger partial charge is 0.328 e. The van der Waals surface area contributed by atoms with Crippen molar-refractivity contribution in [3.05, 3.63) is 46.3 Å². The summed E-state index contributed by atoms with van der Waals surface area (Å²) in [6.07, 6.45) is 4.89. The summed E-state index contributed by atoms with van der Waals surface area (Å²) in [5.74, 6) is 0.923. The topological polar surface area (TPSA) is 138 Å². The number of aromatic nitrogens is 2. The molecule has 0 spiro atoms. The highest BCUT2D eigenvalue weighted by molar-refractivity contribution is 6.01. The van der Waals surface area contributed by atoms with Gasteiger partial charge in [0.25, 0.3) is 0 Å². The van der Waals surface area contributed by atoms with Crippen molar-refractivity contribution in [2.75, 3.05) is 43.6 Å². The zero-order valence-electron chi connectivity index (χ0n) is 22.2. The number of anilines is 2. The van der Waals surface area contributed by atoms with Crippen LogP contribution in [0, 0.1) is 23.2 Å². The van der Waals surface area contributed by atoms with Crippen molar-refractivity contribution in [1.82, 2.24) is 14.9 Å². The lowest BCUT2D eigenvalue weighted by Crippen LogP contribution is -2.40. The van der Waals surface area contributed by atoms with E-state index in [1.165, 1.54) is 11.1 Å². The van der Waals surface area contributed by atoms with Crippen LogP contribution in [0.1, 0.15) is 52.5 Å². The summed E-state index contributed by atoms with van der Waals surface area (Å²) in [5.41, 5.74) is 2.98. The van der Waals surface area contributed by atoms with Crippen LogP contribution in [0.5, 0.6) is 0 Å². The van der Waals surface area contributed by atoms with Crippen molar-refractivity contribution in [3.63, 3.8) is 0 Å². The van der Waals surface area contributed by atoms with Crippen LogP contribution in [0.3, 0.4) is 0 Å². The third kappa shape index (κ3) is 5.48. The minimum absolute atomic E-state index is 0.0151. The number of nitrogens with zero attached hydrogens (tertiary/aromatic N) is 5. The highest BCUT2D eigenvalue weighted by Gasteiger charge is 2.31. The Kier molecular flexibility index (Phi) is 7.86. The monoisotopic (exact) mass is 532 g/mol. The average Bonchev–Trinajstić information content (AvgIpc) is 3.53. The first kappa shape index (κ1) is 26.7. The lowest BCUT2D eigenvalue weighted by Gasteiger charge is -2.29. The number of ether oxygens (including phenoxy) is 2. The number of fused-ring (bicyclic) bond motifs is 1. The molecule has 39 heavy (non-hydrogen) atoms. The van der Waals surface area contributed by atoms with Gasteiger partial charge in [0.1, 0.15) is 23.4 Å². The van der Waals surface area contributed by atoms with Crippen LogP contribution < -0.4 is 10.2 Å². The number of hydrogen-bond acceptors (Lipinski definition) is 8. The van der Waals surface area contributed by atoms with E-state index in [4.69, 9.17) is 9.47 Å². The van der Waals surface area contributed by atoms with Crippen LogP contribution in [0.4, 0.5) is 16.4 Å². The van der Waals surface area contributed by atoms with Gasteiger partial charge in [-0.3, -0.25) is 19.8 Å². The number of likely N-dealkylation sites (tertiary alicyclic amines) is 1. The first-order valence-corrected chi connectivity index (χ1v) is 13.3. The Morgan fingerprint density at radius 3 is 2.87 bits per heavy atom. The number of nitrogens with one attached hydrogen (secondary N) is 1. The number of aldehydes is 1.